The van der Waals surface area contributed by atoms with Crippen LogP contribution in [0.15, 0.2) is 65.2 Å². The first-order valence-corrected chi connectivity index (χ1v) is 10.8. The lowest BCUT2D eigenvalue weighted by Gasteiger charge is -2.25. The van der Waals surface area contributed by atoms with Crippen molar-refractivity contribution in [2.45, 2.75) is 31.8 Å². The topological polar surface area (TPSA) is 67.6 Å². The highest BCUT2D eigenvalue weighted by Crippen LogP contribution is 2.40. The highest BCUT2D eigenvalue weighted by atomic mass is 32.1. The zero-order valence-electron chi connectivity index (χ0n) is 17.6. The number of hydrogen-bond acceptors (Lipinski definition) is 5. The third-order valence-electron chi connectivity index (χ3n) is 5.46. The van der Waals surface area contributed by atoms with Crippen LogP contribution in [0.4, 0.5) is 0 Å². The van der Waals surface area contributed by atoms with E-state index in [1.54, 1.807) is 18.3 Å². The van der Waals surface area contributed by atoms with E-state index in [0.29, 0.717) is 5.56 Å². The van der Waals surface area contributed by atoms with Crippen LogP contribution < -0.4 is 5.32 Å². The highest BCUT2D eigenvalue weighted by molar-refractivity contribution is 7.80. The lowest BCUT2D eigenvalue weighted by Crippen LogP contribution is -2.30. The molecule has 0 unspecified atom stereocenters. The van der Waals surface area contributed by atoms with Gasteiger partial charge in [0.25, 0.3) is 0 Å². The number of hydrogen-bond donors (Lipinski definition) is 1. The molecule has 6 nitrogen and oxygen atoms in total. The summed E-state index contributed by atoms with van der Waals surface area (Å²) in [7, 11) is 1.37. The molecule has 3 heterocycles. The number of nitrogens with zero attached hydrogens (tertiary/aromatic N) is 2. The number of aromatic nitrogens is 1. The molecule has 0 radical (unpaired) electrons. The van der Waals surface area contributed by atoms with Crippen molar-refractivity contribution >= 4 is 23.3 Å². The van der Waals surface area contributed by atoms with Gasteiger partial charge < -0.3 is 19.4 Å². The summed E-state index contributed by atoms with van der Waals surface area (Å²) in [5, 5.41) is 4.15. The van der Waals surface area contributed by atoms with Crippen molar-refractivity contribution in [1.82, 2.24) is 15.2 Å². The van der Waals surface area contributed by atoms with Crippen molar-refractivity contribution in [3.05, 3.63) is 77.8 Å². The number of furan rings is 1. The molecule has 2 atom stereocenters. The van der Waals surface area contributed by atoms with Crippen LogP contribution in [0.3, 0.4) is 0 Å². The molecule has 31 heavy (non-hydrogen) atoms. The second-order valence-corrected chi connectivity index (χ2v) is 7.83. The number of carbonyl (C=O) groups excluding carboxylic acids is 1. The Kier molecular flexibility index (Phi) is 6.32. The van der Waals surface area contributed by atoms with Gasteiger partial charge in [-0.05, 0) is 55.0 Å². The fourth-order valence-electron chi connectivity index (χ4n) is 3.84. The molecule has 3 aromatic rings. The van der Waals surface area contributed by atoms with Gasteiger partial charge in [0.05, 0.1) is 24.4 Å². The number of methoxy groups -OCH3 is 1. The van der Waals surface area contributed by atoms with E-state index in [9.17, 15) is 4.79 Å². The molecule has 1 aromatic carbocycles. The average Bonchev–Trinajstić information content (AvgIpc) is 3.42. The largest absolute Gasteiger partial charge is 0.465 e. The first-order valence-electron chi connectivity index (χ1n) is 10.4. The van der Waals surface area contributed by atoms with Gasteiger partial charge in [-0.15, -0.1) is 0 Å². The van der Waals surface area contributed by atoms with Crippen molar-refractivity contribution in [1.29, 1.82) is 0 Å². The Morgan fingerprint density at radius 3 is 2.68 bits per heavy atom. The standard InChI is InChI=1S/C24H25N3O3S/c1-3-4-15-27-22(21(26-24(27)31)18-7-5-6-14-25-18)20-13-12-19(30-20)16-8-10-17(11-9-16)23(28)29-2/h5-14,21-22H,3-4,15H2,1-2H3,(H,26,31)/t21-,22+/m0/s1. The molecule has 2 aromatic heterocycles. The highest BCUT2D eigenvalue weighted by Gasteiger charge is 2.41. The van der Waals surface area contributed by atoms with Crippen molar-refractivity contribution in [3.8, 4) is 11.3 Å². The number of pyridine rings is 1. The summed E-state index contributed by atoms with van der Waals surface area (Å²) in [5.41, 5.74) is 2.32. The van der Waals surface area contributed by atoms with Gasteiger partial charge in [-0.2, -0.15) is 0 Å². The van der Waals surface area contributed by atoms with Crippen LogP contribution in [-0.2, 0) is 4.74 Å². The van der Waals surface area contributed by atoms with Gasteiger partial charge in [-0.3, -0.25) is 4.98 Å². The smallest absolute Gasteiger partial charge is 0.337 e. The van der Waals surface area contributed by atoms with Gasteiger partial charge >= 0.3 is 5.97 Å². The zero-order valence-corrected chi connectivity index (χ0v) is 18.4. The summed E-state index contributed by atoms with van der Waals surface area (Å²) in [4.78, 5) is 18.4. The average molecular weight is 436 g/mol. The Labute approximate surface area is 187 Å². The molecule has 0 saturated carbocycles. The molecule has 1 saturated heterocycles. The number of ether oxygens (including phenoxy) is 1. The maximum absolute atomic E-state index is 11.7. The molecule has 1 aliphatic heterocycles. The van der Waals surface area contributed by atoms with Gasteiger partial charge in [0, 0.05) is 18.3 Å². The van der Waals surface area contributed by atoms with Crippen molar-refractivity contribution < 1.29 is 13.9 Å². The van der Waals surface area contributed by atoms with Gasteiger partial charge in [0.15, 0.2) is 5.11 Å². The molecule has 7 heteroatoms. The number of esters is 1. The van der Waals surface area contributed by atoms with Crippen LogP contribution in [0.1, 0.15) is 53.7 Å². The fraction of sp³-hybridized carbons (Fsp3) is 0.292. The first kappa shape index (κ1) is 21.1. The zero-order chi connectivity index (χ0) is 21.8. The number of rotatable bonds is 7. The maximum atomic E-state index is 11.7. The van der Waals surface area contributed by atoms with Gasteiger partial charge in [0.2, 0.25) is 0 Å². The summed E-state index contributed by atoms with van der Waals surface area (Å²) >= 11 is 5.66. The van der Waals surface area contributed by atoms with Crippen LogP contribution in [0.5, 0.6) is 0 Å². The Morgan fingerprint density at radius 2 is 2.00 bits per heavy atom. The molecule has 1 N–H and O–H groups in total. The Hall–Kier alpha value is -3.19. The van der Waals surface area contributed by atoms with Crippen molar-refractivity contribution in [2.24, 2.45) is 0 Å². The summed E-state index contributed by atoms with van der Waals surface area (Å²) in [5.74, 6) is 1.20. The molecule has 160 valence electrons. The number of carbonyl (C=O) groups is 1. The first-order chi connectivity index (χ1) is 15.1. The van der Waals surface area contributed by atoms with E-state index >= 15 is 0 Å². The van der Waals surface area contributed by atoms with E-state index in [-0.39, 0.29) is 18.1 Å². The van der Waals surface area contributed by atoms with Crippen LogP contribution in [0.2, 0.25) is 0 Å². The van der Waals surface area contributed by atoms with Gasteiger partial charge in [-0.25, -0.2) is 4.79 Å². The predicted molar refractivity (Wildman–Crippen MR) is 123 cm³/mol. The number of nitrogens with one attached hydrogen (secondary N) is 1. The van der Waals surface area contributed by atoms with Crippen LogP contribution in [0.25, 0.3) is 11.3 Å². The monoisotopic (exact) mass is 435 g/mol. The third-order valence-corrected chi connectivity index (χ3v) is 5.81. The Morgan fingerprint density at radius 1 is 1.19 bits per heavy atom. The molecule has 1 aliphatic rings. The fourth-order valence-corrected chi connectivity index (χ4v) is 4.17. The molecule has 1 fully saturated rings. The summed E-state index contributed by atoms with van der Waals surface area (Å²) < 4.78 is 11.1. The van der Waals surface area contributed by atoms with E-state index in [4.69, 9.17) is 21.4 Å². The minimum atomic E-state index is -0.359. The quantitative estimate of drug-likeness (QED) is 0.418. The molecule has 0 spiro atoms. The maximum Gasteiger partial charge on any atom is 0.337 e. The van der Waals surface area contributed by atoms with Gasteiger partial charge in [0.1, 0.15) is 17.6 Å². The second kappa shape index (κ2) is 9.31. The van der Waals surface area contributed by atoms with E-state index in [1.165, 1.54) is 7.11 Å². The van der Waals surface area contributed by atoms with E-state index < -0.39 is 0 Å². The van der Waals surface area contributed by atoms with E-state index in [0.717, 1.165) is 47.3 Å². The summed E-state index contributed by atoms with van der Waals surface area (Å²) in [6, 6.07) is 16.9. The summed E-state index contributed by atoms with van der Waals surface area (Å²) in [6.45, 7) is 3.01. The predicted octanol–water partition coefficient (Wildman–Crippen LogP) is 4.90. The van der Waals surface area contributed by atoms with Crippen LogP contribution in [-0.4, -0.2) is 34.6 Å². The molecular weight excluding hydrogens is 410 g/mol. The molecule has 0 bridgehead atoms. The Balaban J connectivity index is 1.65. The second-order valence-electron chi connectivity index (χ2n) is 7.44. The molecular formula is C24H25N3O3S. The minimum absolute atomic E-state index is 0.0861. The van der Waals surface area contributed by atoms with Crippen molar-refractivity contribution in [2.75, 3.05) is 13.7 Å². The van der Waals surface area contributed by atoms with Crippen LogP contribution >= 0.6 is 12.2 Å². The SMILES string of the molecule is CCCCN1C(=S)N[C@@H](c2ccccn2)[C@H]1c1ccc(-c2ccc(C(=O)OC)cc2)o1. The Bertz CT molecular complexity index is 1050. The van der Waals surface area contributed by atoms with Crippen molar-refractivity contribution in [3.63, 3.8) is 0 Å². The van der Waals surface area contributed by atoms with Gasteiger partial charge in [-0.1, -0.05) is 31.5 Å². The van der Waals surface area contributed by atoms with E-state index in [2.05, 4.69) is 22.1 Å². The van der Waals surface area contributed by atoms with E-state index in [1.807, 2.05) is 42.5 Å². The lowest BCUT2D eigenvalue weighted by atomic mass is 10.0. The number of unbranched alkanes of at least 4 members (excludes halogenated alkanes) is 1. The minimum Gasteiger partial charge on any atom is -0.465 e. The third kappa shape index (κ3) is 4.32. The molecule has 4 rings (SSSR count). The number of benzene rings is 1. The molecule has 0 aliphatic carbocycles. The number of thiocarbonyl (C=S) groups is 1. The normalized spacial score (nSPS) is 18.1. The van der Waals surface area contributed by atoms with Crippen LogP contribution in [0, 0.1) is 0 Å². The summed E-state index contributed by atoms with van der Waals surface area (Å²) in [6.07, 6.45) is 3.91. The molecule has 0 amide bonds. The lowest BCUT2D eigenvalue weighted by molar-refractivity contribution is 0.0600.